The van der Waals surface area contributed by atoms with Crippen LogP contribution in [0.15, 0.2) is 46.2 Å². The number of carbonyl (C=O) groups excluding carboxylic acids is 1. The predicted octanol–water partition coefficient (Wildman–Crippen LogP) is 4.68. The highest BCUT2D eigenvalue weighted by Gasteiger charge is 2.06. The molecule has 1 aromatic carbocycles. The van der Waals surface area contributed by atoms with E-state index in [1.54, 1.807) is 6.92 Å². The van der Waals surface area contributed by atoms with Crippen molar-refractivity contribution >= 4 is 40.4 Å². The van der Waals surface area contributed by atoms with E-state index in [0.29, 0.717) is 10.2 Å². The zero-order valence-electron chi connectivity index (χ0n) is 10.2. The van der Waals surface area contributed by atoms with Gasteiger partial charge in [-0.05, 0) is 61.7 Å². The fraction of sp³-hybridized carbons (Fsp3) is 0.308. The normalized spacial score (nSPS) is 12.2. The Bertz CT molecular complexity index is 398. The molecule has 0 heterocycles. The second kappa shape index (κ2) is 7.19. The molecule has 0 radical (unpaired) electrons. The van der Waals surface area contributed by atoms with E-state index in [1.165, 1.54) is 16.7 Å². The highest BCUT2D eigenvalue weighted by molar-refractivity contribution is 8.16. The van der Waals surface area contributed by atoms with Crippen LogP contribution in [0.25, 0.3) is 0 Å². The molecule has 0 bridgehead atoms. The number of carbonyl (C=O) groups is 1. The molecule has 0 aliphatic heterocycles. The Kier molecular flexibility index (Phi) is 6.23. The standard InChI is InChI=1S/C13H16OS3/c1-9(2)13(14)17-12-7-5-11(6-8-12)16-10(3)15-4/h5-8,10H,1H2,2-4H3. The lowest BCUT2D eigenvalue weighted by atomic mass is 10.4. The second-order valence-electron chi connectivity index (χ2n) is 3.56. The lowest BCUT2D eigenvalue weighted by molar-refractivity contribution is -0.107. The summed E-state index contributed by atoms with van der Waals surface area (Å²) in [4.78, 5) is 13.7. The van der Waals surface area contributed by atoms with Crippen LogP contribution in [-0.4, -0.2) is 16.0 Å². The summed E-state index contributed by atoms with van der Waals surface area (Å²) < 4.78 is 0.547. The molecular weight excluding hydrogens is 268 g/mol. The summed E-state index contributed by atoms with van der Waals surface area (Å²) in [5.74, 6) is 0. The van der Waals surface area contributed by atoms with Crippen LogP contribution in [0, 0.1) is 0 Å². The third-order valence-corrected chi connectivity index (χ3v) is 5.46. The first-order chi connectivity index (χ1) is 8.02. The molecule has 0 amide bonds. The van der Waals surface area contributed by atoms with Crippen molar-refractivity contribution in [2.24, 2.45) is 0 Å². The molecular formula is C13H16OS3. The van der Waals surface area contributed by atoms with E-state index in [2.05, 4.69) is 31.9 Å². The fourth-order valence-corrected chi connectivity index (χ4v) is 3.08. The minimum absolute atomic E-state index is 0.0304. The SMILES string of the molecule is C=C(C)C(=O)Sc1ccc(SC(C)SC)cc1. The number of thioether (sulfide) groups is 3. The van der Waals surface area contributed by atoms with Gasteiger partial charge in [0.25, 0.3) is 0 Å². The van der Waals surface area contributed by atoms with Gasteiger partial charge in [-0.2, -0.15) is 11.8 Å². The van der Waals surface area contributed by atoms with Crippen LogP contribution >= 0.6 is 35.3 Å². The van der Waals surface area contributed by atoms with Gasteiger partial charge in [-0.15, -0.1) is 11.8 Å². The number of benzene rings is 1. The lowest BCUT2D eigenvalue weighted by Gasteiger charge is -2.08. The minimum Gasteiger partial charge on any atom is -0.282 e. The molecule has 1 atom stereocenters. The minimum atomic E-state index is 0.0304. The van der Waals surface area contributed by atoms with E-state index in [1.807, 2.05) is 35.7 Å². The largest absolute Gasteiger partial charge is 0.282 e. The molecule has 0 fully saturated rings. The van der Waals surface area contributed by atoms with Crippen LogP contribution in [0.3, 0.4) is 0 Å². The number of hydrogen-bond acceptors (Lipinski definition) is 4. The Morgan fingerprint density at radius 1 is 1.24 bits per heavy atom. The topological polar surface area (TPSA) is 17.1 Å². The van der Waals surface area contributed by atoms with Crippen molar-refractivity contribution in [2.45, 2.75) is 28.2 Å². The summed E-state index contributed by atoms with van der Waals surface area (Å²) in [7, 11) is 0. The quantitative estimate of drug-likeness (QED) is 0.443. The highest BCUT2D eigenvalue weighted by Crippen LogP contribution is 2.31. The molecule has 4 heteroatoms. The lowest BCUT2D eigenvalue weighted by Crippen LogP contribution is -1.91. The highest BCUT2D eigenvalue weighted by atomic mass is 32.2. The Labute approximate surface area is 116 Å². The fourth-order valence-electron chi connectivity index (χ4n) is 1.02. The van der Waals surface area contributed by atoms with Gasteiger partial charge in [0.2, 0.25) is 5.12 Å². The summed E-state index contributed by atoms with van der Waals surface area (Å²) >= 11 is 4.89. The Balaban J connectivity index is 2.62. The summed E-state index contributed by atoms with van der Waals surface area (Å²) in [6, 6.07) is 8.10. The molecule has 1 unspecified atom stereocenters. The van der Waals surface area contributed by atoms with E-state index in [0.717, 1.165) is 4.90 Å². The zero-order chi connectivity index (χ0) is 12.8. The first kappa shape index (κ1) is 14.7. The van der Waals surface area contributed by atoms with Crippen LogP contribution in [0.2, 0.25) is 0 Å². The van der Waals surface area contributed by atoms with Gasteiger partial charge in [0.15, 0.2) is 0 Å². The van der Waals surface area contributed by atoms with Crippen molar-refractivity contribution in [2.75, 3.05) is 6.26 Å². The summed E-state index contributed by atoms with van der Waals surface area (Å²) in [6.07, 6.45) is 2.10. The summed E-state index contributed by atoms with van der Waals surface area (Å²) in [6.45, 7) is 7.56. The van der Waals surface area contributed by atoms with Crippen LogP contribution < -0.4 is 0 Å². The van der Waals surface area contributed by atoms with Crippen LogP contribution in [0.1, 0.15) is 13.8 Å². The van der Waals surface area contributed by atoms with Crippen molar-refractivity contribution in [1.29, 1.82) is 0 Å². The van der Waals surface area contributed by atoms with Gasteiger partial charge in [0, 0.05) is 9.79 Å². The first-order valence-corrected chi connectivity index (χ1v) is 8.18. The molecule has 1 aromatic rings. The molecule has 0 aliphatic rings. The molecule has 0 saturated carbocycles. The third kappa shape index (κ3) is 5.23. The Morgan fingerprint density at radius 3 is 2.24 bits per heavy atom. The average Bonchev–Trinajstić information content (AvgIpc) is 2.31. The maximum Gasteiger partial charge on any atom is 0.219 e. The van der Waals surface area contributed by atoms with Gasteiger partial charge >= 0.3 is 0 Å². The summed E-state index contributed by atoms with van der Waals surface area (Å²) in [5.41, 5.74) is 0.587. The third-order valence-electron chi connectivity index (χ3n) is 2.02. The van der Waals surface area contributed by atoms with E-state index in [-0.39, 0.29) is 5.12 Å². The van der Waals surface area contributed by atoms with Gasteiger partial charge in [-0.1, -0.05) is 6.58 Å². The maximum atomic E-state index is 11.5. The van der Waals surface area contributed by atoms with Crippen molar-refractivity contribution in [1.82, 2.24) is 0 Å². The number of rotatable bonds is 5. The van der Waals surface area contributed by atoms with E-state index < -0.39 is 0 Å². The molecule has 0 N–H and O–H groups in total. The van der Waals surface area contributed by atoms with Crippen molar-refractivity contribution < 1.29 is 4.79 Å². The molecule has 0 aromatic heterocycles. The molecule has 1 rings (SSSR count). The molecule has 17 heavy (non-hydrogen) atoms. The zero-order valence-corrected chi connectivity index (χ0v) is 12.7. The van der Waals surface area contributed by atoms with Crippen molar-refractivity contribution in [3.05, 3.63) is 36.4 Å². The molecule has 0 spiro atoms. The first-order valence-electron chi connectivity index (χ1n) is 5.20. The van der Waals surface area contributed by atoms with Crippen molar-refractivity contribution in [3.63, 3.8) is 0 Å². The van der Waals surface area contributed by atoms with Crippen molar-refractivity contribution in [3.8, 4) is 0 Å². The van der Waals surface area contributed by atoms with Crippen LogP contribution in [0.5, 0.6) is 0 Å². The molecule has 1 nitrogen and oxygen atoms in total. The Hall–Kier alpha value is -0.320. The molecule has 92 valence electrons. The van der Waals surface area contributed by atoms with Gasteiger partial charge in [-0.3, -0.25) is 4.79 Å². The van der Waals surface area contributed by atoms with E-state index in [9.17, 15) is 4.79 Å². The second-order valence-corrected chi connectivity index (χ2v) is 7.50. The van der Waals surface area contributed by atoms with Crippen LogP contribution in [0.4, 0.5) is 0 Å². The molecule has 0 saturated heterocycles. The molecule has 0 aliphatic carbocycles. The van der Waals surface area contributed by atoms with E-state index >= 15 is 0 Å². The average molecular weight is 284 g/mol. The smallest absolute Gasteiger partial charge is 0.219 e. The monoisotopic (exact) mass is 284 g/mol. The summed E-state index contributed by atoms with van der Waals surface area (Å²) in [5, 5.41) is 0.0304. The Morgan fingerprint density at radius 2 is 1.76 bits per heavy atom. The predicted molar refractivity (Wildman–Crippen MR) is 81.0 cm³/mol. The number of hydrogen-bond donors (Lipinski definition) is 0. The van der Waals surface area contributed by atoms with E-state index in [4.69, 9.17) is 0 Å². The van der Waals surface area contributed by atoms with Gasteiger partial charge < -0.3 is 0 Å². The van der Waals surface area contributed by atoms with Gasteiger partial charge in [0.05, 0.1) is 4.58 Å². The maximum absolute atomic E-state index is 11.5. The van der Waals surface area contributed by atoms with Gasteiger partial charge in [-0.25, -0.2) is 0 Å². The van der Waals surface area contributed by atoms with Crippen LogP contribution in [-0.2, 0) is 4.79 Å². The van der Waals surface area contributed by atoms with Gasteiger partial charge in [0.1, 0.15) is 0 Å².